The average Bonchev–Trinajstić information content (AvgIpc) is 3.00. The van der Waals surface area contributed by atoms with Crippen molar-refractivity contribution in [2.45, 2.75) is 13.1 Å². The Morgan fingerprint density at radius 2 is 2.00 bits per heavy atom. The Balaban J connectivity index is 1.44. The third kappa shape index (κ3) is 3.21. The van der Waals surface area contributed by atoms with Gasteiger partial charge in [-0.25, -0.2) is 0 Å². The van der Waals surface area contributed by atoms with Crippen LogP contribution in [0.3, 0.4) is 0 Å². The highest BCUT2D eigenvalue weighted by Crippen LogP contribution is 2.37. The molecule has 1 aliphatic rings. The summed E-state index contributed by atoms with van der Waals surface area (Å²) in [5, 5.41) is 11.7. The number of H-pyrrole nitrogens is 1. The Morgan fingerprint density at radius 1 is 1.07 bits per heavy atom. The molecular formula is C23H21N3O2. The number of nitrogens with zero attached hydrogens (tertiary/aromatic N) is 2. The van der Waals surface area contributed by atoms with Crippen LogP contribution in [0.2, 0.25) is 0 Å². The molecule has 2 aromatic heterocycles. The van der Waals surface area contributed by atoms with E-state index in [0.717, 1.165) is 35.3 Å². The van der Waals surface area contributed by atoms with Gasteiger partial charge in [0.05, 0.1) is 0 Å². The van der Waals surface area contributed by atoms with Crippen LogP contribution in [0.15, 0.2) is 67.0 Å². The minimum Gasteiger partial charge on any atom is -0.504 e. The molecule has 0 saturated carbocycles. The molecule has 140 valence electrons. The Bertz CT molecular complexity index is 1090. The first kappa shape index (κ1) is 16.8. The fraction of sp³-hybridized carbons (Fsp3) is 0.174. The lowest BCUT2D eigenvalue weighted by atomic mass is 10.0. The third-order valence-corrected chi connectivity index (χ3v) is 5.17. The first-order chi connectivity index (χ1) is 13.8. The predicted octanol–water partition coefficient (Wildman–Crippen LogP) is 4.33. The van der Waals surface area contributed by atoms with Gasteiger partial charge >= 0.3 is 0 Å². The van der Waals surface area contributed by atoms with E-state index in [1.165, 1.54) is 11.1 Å². The van der Waals surface area contributed by atoms with Gasteiger partial charge in [0, 0.05) is 54.4 Å². The standard InChI is InChI=1S/C23H21N3O2/c27-22-12-18(17-5-3-7-24-13-17)10-19-14-26(8-9-28-23(19)22)15-20-11-16-4-1-2-6-21(16)25-20/h1-7,10-13,25,27H,8-9,14-15H2. The molecular weight excluding hydrogens is 350 g/mol. The minimum absolute atomic E-state index is 0.184. The van der Waals surface area contributed by atoms with Crippen molar-refractivity contribution < 1.29 is 9.84 Å². The zero-order valence-corrected chi connectivity index (χ0v) is 15.4. The van der Waals surface area contributed by atoms with Crippen molar-refractivity contribution in [3.05, 3.63) is 78.2 Å². The van der Waals surface area contributed by atoms with Crippen molar-refractivity contribution in [1.29, 1.82) is 0 Å². The van der Waals surface area contributed by atoms with E-state index >= 15 is 0 Å². The second kappa shape index (κ2) is 7.02. The molecule has 0 spiro atoms. The summed E-state index contributed by atoms with van der Waals surface area (Å²) in [5.74, 6) is 0.774. The Labute approximate surface area is 163 Å². The van der Waals surface area contributed by atoms with E-state index in [1.807, 2.05) is 18.2 Å². The van der Waals surface area contributed by atoms with Crippen LogP contribution >= 0.6 is 0 Å². The number of benzene rings is 2. The molecule has 28 heavy (non-hydrogen) atoms. The number of fused-ring (bicyclic) bond motifs is 2. The number of para-hydroxylation sites is 1. The number of aromatic amines is 1. The highest BCUT2D eigenvalue weighted by molar-refractivity contribution is 5.80. The molecule has 0 radical (unpaired) electrons. The van der Waals surface area contributed by atoms with Gasteiger partial charge in [-0.15, -0.1) is 0 Å². The molecule has 0 bridgehead atoms. The lowest BCUT2D eigenvalue weighted by Gasteiger charge is -2.18. The summed E-state index contributed by atoms with van der Waals surface area (Å²) in [6, 6.07) is 18.3. The van der Waals surface area contributed by atoms with E-state index in [0.29, 0.717) is 18.9 Å². The molecule has 2 aromatic carbocycles. The third-order valence-electron chi connectivity index (χ3n) is 5.17. The SMILES string of the molecule is Oc1cc(-c2cccnc2)cc2c1OCCN(Cc1cc3ccccc3[nH]1)C2. The maximum atomic E-state index is 10.5. The zero-order valence-electron chi connectivity index (χ0n) is 15.4. The number of hydrogen-bond donors (Lipinski definition) is 2. The van der Waals surface area contributed by atoms with Crippen LogP contribution in [0, 0.1) is 0 Å². The molecule has 5 rings (SSSR count). The Hall–Kier alpha value is -3.31. The smallest absolute Gasteiger partial charge is 0.165 e. The Kier molecular flexibility index (Phi) is 4.22. The van der Waals surface area contributed by atoms with Gasteiger partial charge in [-0.2, -0.15) is 0 Å². The summed E-state index contributed by atoms with van der Waals surface area (Å²) in [6.45, 7) is 2.86. The lowest BCUT2D eigenvalue weighted by Crippen LogP contribution is -2.25. The van der Waals surface area contributed by atoms with Gasteiger partial charge in [0.1, 0.15) is 6.61 Å². The van der Waals surface area contributed by atoms with Gasteiger partial charge in [-0.1, -0.05) is 24.3 Å². The molecule has 0 unspecified atom stereocenters. The number of aromatic nitrogens is 2. The summed E-state index contributed by atoms with van der Waals surface area (Å²) < 4.78 is 5.88. The van der Waals surface area contributed by atoms with Gasteiger partial charge < -0.3 is 14.8 Å². The molecule has 1 aliphatic heterocycles. The second-order valence-electron chi connectivity index (χ2n) is 7.17. The van der Waals surface area contributed by atoms with Crippen molar-refractivity contribution in [2.75, 3.05) is 13.2 Å². The van der Waals surface area contributed by atoms with Crippen LogP contribution in [0.25, 0.3) is 22.0 Å². The topological polar surface area (TPSA) is 61.4 Å². The summed E-state index contributed by atoms with van der Waals surface area (Å²) in [4.78, 5) is 10.0. The molecule has 2 N–H and O–H groups in total. The lowest BCUT2D eigenvalue weighted by molar-refractivity contribution is 0.216. The van der Waals surface area contributed by atoms with Crippen molar-refractivity contribution >= 4 is 10.9 Å². The van der Waals surface area contributed by atoms with Crippen LogP contribution in [-0.2, 0) is 13.1 Å². The van der Waals surface area contributed by atoms with Crippen LogP contribution in [0.1, 0.15) is 11.3 Å². The first-order valence-electron chi connectivity index (χ1n) is 9.44. The van der Waals surface area contributed by atoms with Crippen molar-refractivity contribution in [3.8, 4) is 22.6 Å². The number of pyridine rings is 1. The van der Waals surface area contributed by atoms with E-state index in [-0.39, 0.29) is 5.75 Å². The van der Waals surface area contributed by atoms with Crippen LogP contribution in [0.4, 0.5) is 0 Å². The summed E-state index contributed by atoms with van der Waals surface area (Å²) in [6.07, 6.45) is 3.55. The monoisotopic (exact) mass is 371 g/mol. The molecule has 0 amide bonds. The number of aromatic hydroxyl groups is 1. The van der Waals surface area contributed by atoms with E-state index in [1.54, 1.807) is 18.5 Å². The average molecular weight is 371 g/mol. The number of rotatable bonds is 3. The van der Waals surface area contributed by atoms with E-state index in [2.05, 4.69) is 45.2 Å². The molecule has 5 heteroatoms. The summed E-state index contributed by atoms with van der Waals surface area (Å²) in [5.41, 5.74) is 5.25. The van der Waals surface area contributed by atoms with Gasteiger partial charge in [-0.05, 0) is 41.3 Å². The quantitative estimate of drug-likeness (QED) is 0.563. The minimum atomic E-state index is 0.184. The molecule has 5 nitrogen and oxygen atoms in total. The fourth-order valence-electron chi connectivity index (χ4n) is 3.85. The second-order valence-corrected chi connectivity index (χ2v) is 7.17. The maximum absolute atomic E-state index is 10.5. The highest BCUT2D eigenvalue weighted by atomic mass is 16.5. The maximum Gasteiger partial charge on any atom is 0.165 e. The Morgan fingerprint density at radius 3 is 2.86 bits per heavy atom. The van der Waals surface area contributed by atoms with E-state index in [9.17, 15) is 5.11 Å². The number of hydrogen-bond acceptors (Lipinski definition) is 4. The van der Waals surface area contributed by atoms with Crippen LogP contribution < -0.4 is 4.74 Å². The van der Waals surface area contributed by atoms with Gasteiger partial charge in [0.2, 0.25) is 0 Å². The fourth-order valence-corrected chi connectivity index (χ4v) is 3.85. The highest BCUT2D eigenvalue weighted by Gasteiger charge is 2.20. The van der Waals surface area contributed by atoms with Crippen molar-refractivity contribution in [1.82, 2.24) is 14.9 Å². The summed E-state index contributed by atoms with van der Waals surface area (Å²) >= 11 is 0. The zero-order chi connectivity index (χ0) is 18.9. The number of ether oxygens (including phenoxy) is 1. The van der Waals surface area contributed by atoms with E-state index in [4.69, 9.17) is 4.74 Å². The van der Waals surface area contributed by atoms with E-state index < -0.39 is 0 Å². The molecule has 0 atom stereocenters. The normalized spacial score (nSPS) is 14.4. The molecule has 0 saturated heterocycles. The largest absolute Gasteiger partial charge is 0.504 e. The molecule has 3 heterocycles. The molecule has 4 aromatic rings. The van der Waals surface area contributed by atoms with Crippen LogP contribution in [0.5, 0.6) is 11.5 Å². The molecule has 0 aliphatic carbocycles. The number of nitrogens with one attached hydrogen (secondary N) is 1. The number of phenolic OH excluding ortho intramolecular Hbond substituents is 1. The summed E-state index contributed by atoms with van der Waals surface area (Å²) in [7, 11) is 0. The molecule has 0 fully saturated rings. The predicted molar refractivity (Wildman–Crippen MR) is 109 cm³/mol. The van der Waals surface area contributed by atoms with Gasteiger partial charge in [0.25, 0.3) is 0 Å². The number of phenols is 1. The first-order valence-corrected chi connectivity index (χ1v) is 9.44. The van der Waals surface area contributed by atoms with Crippen LogP contribution in [-0.4, -0.2) is 33.1 Å². The van der Waals surface area contributed by atoms with Crippen molar-refractivity contribution in [3.63, 3.8) is 0 Å². The van der Waals surface area contributed by atoms with Gasteiger partial charge in [0.15, 0.2) is 11.5 Å². The van der Waals surface area contributed by atoms with Gasteiger partial charge in [-0.3, -0.25) is 9.88 Å². The van der Waals surface area contributed by atoms with Crippen molar-refractivity contribution in [2.24, 2.45) is 0 Å².